The molecule has 1 heterocycles. The minimum absolute atomic E-state index is 0.139. The van der Waals surface area contributed by atoms with E-state index in [1.165, 1.54) is 10.9 Å². The predicted octanol–water partition coefficient (Wildman–Crippen LogP) is -0.216. The molecule has 0 unspecified atom stereocenters. The average Bonchev–Trinajstić information content (AvgIpc) is 2.30. The molecule has 0 aliphatic rings. The Hall–Kier alpha value is -1.34. The van der Waals surface area contributed by atoms with Gasteiger partial charge in [0.2, 0.25) is 0 Å². The number of rotatable bonds is 1. The van der Waals surface area contributed by atoms with E-state index in [0.29, 0.717) is 11.3 Å². The summed E-state index contributed by atoms with van der Waals surface area (Å²) in [5, 5.41) is 20.9. The molecule has 0 aliphatic heterocycles. The molecule has 10 heavy (non-hydrogen) atoms. The van der Waals surface area contributed by atoms with Crippen LogP contribution in [0, 0.1) is 11.3 Å². The van der Waals surface area contributed by atoms with Gasteiger partial charge in [-0.05, 0) is 0 Å². The zero-order chi connectivity index (χ0) is 7.56. The summed E-state index contributed by atoms with van der Waals surface area (Å²) in [4.78, 5) is 0. The number of aryl methyl sites for hydroxylation is 1. The first kappa shape index (κ1) is 6.78. The van der Waals surface area contributed by atoms with Gasteiger partial charge >= 0.3 is 0 Å². The van der Waals surface area contributed by atoms with Crippen molar-refractivity contribution in [2.75, 3.05) is 0 Å². The van der Waals surface area contributed by atoms with Gasteiger partial charge in [0, 0.05) is 7.05 Å². The molecule has 4 nitrogen and oxygen atoms in total. The topological polar surface area (TPSA) is 61.8 Å². The van der Waals surface area contributed by atoms with Gasteiger partial charge < -0.3 is 5.11 Å². The van der Waals surface area contributed by atoms with E-state index < -0.39 is 0 Å². The zero-order valence-corrected chi connectivity index (χ0v) is 5.57. The van der Waals surface area contributed by atoms with Crippen molar-refractivity contribution in [2.45, 2.75) is 6.61 Å². The normalized spacial score (nSPS) is 9.30. The van der Waals surface area contributed by atoms with Crippen molar-refractivity contribution in [2.24, 2.45) is 7.05 Å². The van der Waals surface area contributed by atoms with E-state index in [9.17, 15) is 0 Å². The maximum absolute atomic E-state index is 8.71. The molecule has 0 radical (unpaired) electrons. The second kappa shape index (κ2) is 2.50. The molecule has 1 N–H and O–H groups in total. The van der Waals surface area contributed by atoms with Crippen LogP contribution in [0.3, 0.4) is 0 Å². The Morgan fingerprint density at radius 1 is 1.90 bits per heavy atom. The summed E-state index contributed by atoms with van der Waals surface area (Å²) in [7, 11) is 1.69. The number of nitriles is 1. The van der Waals surface area contributed by atoms with Crippen LogP contribution in [0.5, 0.6) is 0 Å². The summed E-state index contributed by atoms with van der Waals surface area (Å²) in [6.07, 6.45) is 1.44. The van der Waals surface area contributed by atoms with Gasteiger partial charge in [0.25, 0.3) is 0 Å². The molecular weight excluding hydrogens is 130 g/mol. The van der Waals surface area contributed by atoms with Gasteiger partial charge in [-0.2, -0.15) is 10.4 Å². The Morgan fingerprint density at radius 3 is 3.00 bits per heavy atom. The minimum atomic E-state index is -0.139. The molecule has 1 aromatic heterocycles. The van der Waals surface area contributed by atoms with Gasteiger partial charge in [0.1, 0.15) is 6.07 Å². The van der Waals surface area contributed by atoms with Gasteiger partial charge in [-0.3, -0.25) is 4.68 Å². The standard InChI is InChI=1S/C6H7N3O/c1-9-6(4-10)5(2-7)3-8-9/h3,10H,4H2,1H3. The van der Waals surface area contributed by atoms with Crippen LogP contribution in [-0.4, -0.2) is 14.9 Å². The molecule has 52 valence electrons. The van der Waals surface area contributed by atoms with Crippen LogP contribution in [0.15, 0.2) is 6.20 Å². The second-order valence-electron chi connectivity index (χ2n) is 1.90. The van der Waals surface area contributed by atoms with Gasteiger partial charge in [-0.15, -0.1) is 0 Å². The first-order valence-corrected chi connectivity index (χ1v) is 2.81. The van der Waals surface area contributed by atoms with Gasteiger partial charge in [0.15, 0.2) is 0 Å². The smallest absolute Gasteiger partial charge is 0.103 e. The van der Waals surface area contributed by atoms with Crippen LogP contribution in [-0.2, 0) is 13.7 Å². The summed E-state index contributed by atoms with van der Waals surface area (Å²) < 4.78 is 1.48. The first-order chi connectivity index (χ1) is 4.79. The van der Waals surface area contributed by atoms with Crippen LogP contribution in [0.2, 0.25) is 0 Å². The zero-order valence-electron chi connectivity index (χ0n) is 5.57. The molecule has 0 spiro atoms. The maximum atomic E-state index is 8.71. The highest BCUT2D eigenvalue weighted by molar-refractivity contribution is 5.30. The van der Waals surface area contributed by atoms with E-state index in [0.717, 1.165) is 0 Å². The molecule has 0 bridgehead atoms. The Morgan fingerprint density at radius 2 is 2.60 bits per heavy atom. The summed E-state index contributed by atoms with van der Waals surface area (Å²) in [5.74, 6) is 0. The van der Waals surface area contributed by atoms with E-state index >= 15 is 0 Å². The van der Waals surface area contributed by atoms with Crippen LogP contribution in [0.25, 0.3) is 0 Å². The van der Waals surface area contributed by atoms with E-state index in [1.807, 2.05) is 6.07 Å². The Bertz CT molecular complexity index is 271. The Balaban J connectivity index is 3.16. The SMILES string of the molecule is Cn1ncc(C#N)c1CO. The van der Waals surface area contributed by atoms with Crippen molar-refractivity contribution < 1.29 is 5.11 Å². The molecule has 0 atom stereocenters. The number of aromatic nitrogens is 2. The lowest BCUT2D eigenvalue weighted by atomic mass is 10.3. The fourth-order valence-corrected chi connectivity index (χ4v) is 0.744. The summed E-state index contributed by atoms with van der Waals surface area (Å²) in [6.45, 7) is -0.139. The van der Waals surface area contributed by atoms with Crippen molar-refractivity contribution >= 4 is 0 Å². The lowest BCUT2D eigenvalue weighted by Gasteiger charge is -1.94. The van der Waals surface area contributed by atoms with Crippen LogP contribution in [0.4, 0.5) is 0 Å². The highest BCUT2D eigenvalue weighted by Gasteiger charge is 2.04. The van der Waals surface area contributed by atoms with Crippen LogP contribution < -0.4 is 0 Å². The quantitative estimate of drug-likeness (QED) is 0.582. The molecule has 0 aromatic carbocycles. The van der Waals surface area contributed by atoms with Crippen molar-refractivity contribution in [3.63, 3.8) is 0 Å². The Labute approximate surface area is 58.3 Å². The summed E-state index contributed by atoms with van der Waals surface area (Å²) in [5.41, 5.74) is 0.993. The van der Waals surface area contributed by atoms with Crippen molar-refractivity contribution in [3.8, 4) is 6.07 Å². The molecule has 1 aromatic rings. The van der Waals surface area contributed by atoms with Crippen LogP contribution >= 0.6 is 0 Å². The van der Waals surface area contributed by atoms with E-state index in [2.05, 4.69) is 5.10 Å². The van der Waals surface area contributed by atoms with Gasteiger partial charge in [-0.25, -0.2) is 0 Å². The number of nitrogens with zero attached hydrogens (tertiary/aromatic N) is 3. The van der Waals surface area contributed by atoms with Gasteiger partial charge in [0.05, 0.1) is 24.1 Å². The third-order valence-electron chi connectivity index (χ3n) is 1.33. The lowest BCUT2D eigenvalue weighted by Crippen LogP contribution is -1.98. The van der Waals surface area contributed by atoms with E-state index in [1.54, 1.807) is 7.05 Å². The maximum Gasteiger partial charge on any atom is 0.103 e. The molecule has 0 aliphatic carbocycles. The minimum Gasteiger partial charge on any atom is -0.390 e. The molecule has 0 amide bonds. The number of aliphatic hydroxyl groups excluding tert-OH is 1. The number of hydrogen-bond acceptors (Lipinski definition) is 3. The van der Waals surface area contributed by atoms with Crippen molar-refractivity contribution in [1.82, 2.24) is 9.78 Å². The summed E-state index contributed by atoms with van der Waals surface area (Å²) >= 11 is 0. The van der Waals surface area contributed by atoms with E-state index in [4.69, 9.17) is 10.4 Å². The summed E-state index contributed by atoms with van der Waals surface area (Å²) in [6, 6.07) is 1.92. The van der Waals surface area contributed by atoms with Gasteiger partial charge in [-0.1, -0.05) is 0 Å². The van der Waals surface area contributed by atoms with Crippen molar-refractivity contribution in [1.29, 1.82) is 5.26 Å². The third kappa shape index (κ3) is 0.870. The molecule has 0 fully saturated rings. The highest BCUT2D eigenvalue weighted by Crippen LogP contribution is 2.04. The van der Waals surface area contributed by atoms with Crippen molar-refractivity contribution in [3.05, 3.63) is 17.5 Å². The molecule has 4 heteroatoms. The van der Waals surface area contributed by atoms with Crippen LogP contribution in [0.1, 0.15) is 11.3 Å². The highest BCUT2D eigenvalue weighted by atomic mass is 16.3. The lowest BCUT2D eigenvalue weighted by molar-refractivity contribution is 0.270. The number of aliphatic hydroxyl groups is 1. The fraction of sp³-hybridized carbons (Fsp3) is 0.333. The van der Waals surface area contributed by atoms with E-state index in [-0.39, 0.29) is 6.61 Å². The fourth-order valence-electron chi connectivity index (χ4n) is 0.744. The molecule has 1 rings (SSSR count). The second-order valence-corrected chi connectivity index (χ2v) is 1.90. The molecular formula is C6H7N3O. The average molecular weight is 137 g/mol. The largest absolute Gasteiger partial charge is 0.390 e. The number of hydrogen-bond donors (Lipinski definition) is 1. The molecule has 0 saturated heterocycles. The third-order valence-corrected chi connectivity index (χ3v) is 1.33. The monoisotopic (exact) mass is 137 g/mol. The Kier molecular flexibility index (Phi) is 1.69. The molecule has 0 saturated carbocycles. The first-order valence-electron chi connectivity index (χ1n) is 2.81. The predicted molar refractivity (Wildman–Crippen MR) is 33.8 cm³/mol.